The first-order valence-electron chi connectivity index (χ1n) is 7.50. The van der Waals surface area contributed by atoms with E-state index in [2.05, 4.69) is 0 Å². The fourth-order valence-corrected chi connectivity index (χ4v) is 3.43. The Morgan fingerprint density at radius 2 is 1.88 bits per heavy atom. The van der Waals surface area contributed by atoms with Gasteiger partial charge in [-0.05, 0) is 18.2 Å². The smallest absolute Gasteiger partial charge is 0.398 e. The SMILES string of the molecule is COP(OCN)Oc1ccc2c3c(cccc13)C(=O)N(CCO)C2=O. The Morgan fingerprint density at radius 1 is 1.16 bits per heavy atom. The van der Waals surface area contributed by atoms with Crippen molar-refractivity contribution in [2.45, 2.75) is 0 Å². The Labute approximate surface area is 145 Å². The number of imide groups is 1. The van der Waals surface area contributed by atoms with Crippen LogP contribution in [-0.2, 0) is 9.05 Å². The number of carbonyl (C=O) groups is 2. The molecule has 0 spiro atoms. The van der Waals surface area contributed by atoms with Gasteiger partial charge in [0.1, 0.15) is 12.5 Å². The standard InChI is InChI=1S/C16H17N2O6P/c1-22-25(23-9-17)24-13-6-5-12-14-10(13)3-2-4-11(14)15(20)18(7-8-19)16(12)21/h2-6,19H,7-9,17H2,1H3. The summed E-state index contributed by atoms with van der Waals surface area (Å²) in [6.07, 6.45) is 0. The second-order valence-electron chi connectivity index (χ2n) is 5.12. The lowest BCUT2D eigenvalue weighted by Crippen LogP contribution is -2.41. The molecule has 1 aliphatic rings. The van der Waals surface area contributed by atoms with Crippen molar-refractivity contribution in [3.05, 3.63) is 41.5 Å². The maximum absolute atomic E-state index is 12.6. The van der Waals surface area contributed by atoms with Crippen molar-refractivity contribution in [3.63, 3.8) is 0 Å². The second-order valence-corrected chi connectivity index (χ2v) is 6.37. The third-order valence-electron chi connectivity index (χ3n) is 3.78. The van der Waals surface area contributed by atoms with Gasteiger partial charge in [-0.25, -0.2) is 0 Å². The Kier molecular flexibility index (Phi) is 5.27. The second kappa shape index (κ2) is 7.43. The fourth-order valence-electron chi connectivity index (χ4n) is 2.76. The van der Waals surface area contributed by atoms with Crippen molar-refractivity contribution in [2.75, 3.05) is 27.0 Å². The molecule has 3 N–H and O–H groups in total. The molecule has 2 amide bonds. The third kappa shape index (κ3) is 3.10. The van der Waals surface area contributed by atoms with Gasteiger partial charge in [-0.15, -0.1) is 0 Å². The molecule has 132 valence electrons. The van der Waals surface area contributed by atoms with Gasteiger partial charge in [0.15, 0.2) is 0 Å². The molecule has 0 bridgehead atoms. The van der Waals surface area contributed by atoms with Crippen LogP contribution in [0, 0.1) is 0 Å². The lowest BCUT2D eigenvalue weighted by atomic mass is 9.93. The molecule has 0 fully saturated rings. The highest BCUT2D eigenvalue weighted by Gasteiger charge is 2.33. The zero-order valence-corrected chi connectivity index (χ0v) is 14.4. The molecular formula is C16H17N2O6P. The van der Waals surface area contributed by atoms with Crippen LogP contribution < -0.4 is 10.3 Å². The van der Waals surface area contributed by atoms with E-state index in [1.807, 2.05) is 0 Å². The maximum atomic E-state index is 12.6. The minimum Gasteiger partial charge on any atom is -0.426 e. The fraction of sp³-hybridized carbons (Fsp3) is 0.250. The topological polar surface area (TPSA) is 111 Å². The molecule has 1 unspecified atom stereocenters. The summed E-state index contributed by atoms with van der Waals surface area (Å²) in [6, 6.07) is 8.32. The number of nitrogens with zero attached hydrogens (tertiary/aromatic N) is 1. The predicted octanol–water partition coefficient (Wildman–Crippen LogP) is 1.61. The summed E-state index contributed by atoms with van der Waals surface area (Å²) in [6.45, 7) is -0.405. The van der Waals surface area contributed by atoms with Gasteiger partial charge in [-0.3, -0.25) is 19.0 Å². The molecular weight excluding hydrogens is 347 g/mol. The van der Waals surface area contributed by atoms with E-state index >= 15 is 0 Å². The van der Waals surface area contributed by atoms with E-state index in [0.29, 0.717) is 27.6 Å². The molecule has 0 aromatic heterocycles. The molecule has 1 heterocycles. The molecule has 2 aromatic carbocycles. The molecule has 1 aliphatic heterocycles. The number of carbonyl (C=O) groups excluding carboxylic acids is 2. The average Bonchev–Trinajstić information content (AvgIpc) is 2.63. The van der Waals surface area contributed by atoms with Crippen LogP contribution in [0.1, 0.15) is 20.7 Å². The number of hydrogen-bond donors (Lipinski definition) is 2. The Bertz CT molecular complexity index is 805. The van der Waals surface area contributed by atoms with Gasteiger partial charge in [0.25, 0.3) is 11.8 Å². The number of aliphatic hydroxyl groups is 1. The van der Waals surface area contributed by atoms with Crippen molar-refractivity contribution in [1.82, 2.24) is 4.90 Å². The van der Waals surface area contributed by atoms with Crippen LogP contribution in [0.3, 0.4) is 0 Å². The van der Waals surface area contributed by atoms with Crippen LogP contribution >= 0.6 is 8.60 Å². The van der Waals surface area contributed by atoms with Gasteiger partial charge >= 0.3 is 8.60 Å². The maximum Gasteiger partial charge on any atom is 0.398 e. The van der Waals surface area contributed by atoms with Gasteiger partial charge in [-0.2, -0.15) is 0 Å². The first-order valence-corrected chi connectivity index (χ1v) is 8.60. The molecule has 3 rings (SSSR count). The minimum absolute atomic E-state index is 0.0505. The van der Waals surface area contributed by atoms with Gasteiger partial charge in [0.2, 0.25) is 0 Å². The Hall–Kier alpha value is -2.09. The third-order valence-corrected chi connectivity index (χ3v) is 4.78. The first-order chi connectivity index (χ1) is 12.1. The molecule has 25 heavy (non-hydrogen) atoms. The summed E-state index contributed by atoms with van der Waals surface area (Å²) in [7, 11) is -0.252. The molecule has 0 saturated heterocycles. The van der Waals surface area contributed by atoms with E-state index in [0.717, 1.165) is 4.90 Å². The number of rotatable bonds is 7. The lowest BCUT2D eigenvalue weighted by molar-refractivity contribution is 0.0580. The largest absolute Gasteiger partial charge is 0.426 e. The average molecular weight is 364 g/mol. The van der Waals surface area contributed by atoms with E-state index in [1.54, 1.807) is 30.3 Å². The molecule has 0 radical (unpaired) electrons. The van der Waals surface area contributed by atoms with Gasteiger partial charge in [-0.1, -0.05) is 12.1 Å². The molecule has 1 atom stereocenters. The van der Waals surface area contributed by atoms with E-state index in [1.165, 1.54) is 7.11 Å². The molecule has 0 saturated carbocycles. The number of benzene rings is 2. The summed E-state index contributed by atoms with van der Waals surface area (Å²) < 4.78 is 16.0. The van der Waals surface area contributed by atoms with Crippen molar-refractivity contribution in [2.24, 2.45) is 5.73 Å². The van der Waals surface area contributed by atoms with Crippen LogP contribution in [-0.4, -0.2) is 48.8 Å². The molecule has 0 aliphatic carbocycles. The van der Waals surface area contributed by atoms with Crippen molar-refractivity contribution >= 4 is 31.2 Å². The zero-order valence-electron chi connectivity index (χ0n) is 13.5. The normalized spacial score (nSPS) is 14.9. The summed E-state index contributed by atoms with van der Waals surface area (Å²) in [5, 5.41) is 10.2. The number of hydrogen-bond acceptors (Lipinski definition) is 7. The minimum atomic E-state index is -1.69. The Balaban J connectivity index is 2.11. The summed E-state index contributed by atoms with van der Waals surface area (Å²) in [4.78, 5) is 26.2. The van der Waals surface area contributed by atoms with Crippen LogP contribution in [0.15, 0.2) is 30.3 Å². The Morgan fingerprint density at radius 3 is 2.52 bits per heavy atom. The van der Waals surface area contributed by atoms with Crippen molar-refractivity contribution in [3.8, 4) is 5.75 Å². The summed E-state index contributed by atoms with van der Waals surface area (Å²) in [5.41, 5.74) is 6.11. The lowest BCUT2D eigenvalue weighted by Gasteiger charge is -2.27. The van der Waals surface area contributed by atoms with Crippen LogP contribution in [0.5, 0.6) is 5.75 Å². The van der Waals surface area contributed by atoms with Crippen molar-refractivity contribution < 1.29 is 28.3 Å². The predicted molar refractivity (Wildman–Crippen MR) is 91.1 cm³/mol. The van der Waals surface area contributed by atoms with Crippen LogP contribution in [0.4, 0.5) is 0 Å². The number of amides is 2. The number of nitrogens with two attached hydrogens (primary N) is 1. The van der Waals surface area contributed by atoms with Crippen LogP contribution in [0.2, 0.25) is 0 Å². The number of β-amino-alcohol motifs (C(OH)–C–C–N with tert-alkyl or cyclic N) is 1. The van der Waals surface area contributed by atoms with Gasteiger partial charge < -0.3 is 19.9 Å². The summed E-state index contributed by atoms with van der Waals surface area (Å²) in [5.74, 6) is -0.457. The highest BCUT2D eigenvalue weighted by molar-refractivity contribution is 7.42. The van der Waals surface area contributed by atoms with Gasteiger partial charge in [0.05, 0.1) is 13.2 Å². The monoisotopic (exact) mass is 364 g/mol. The van der Waals surface area contributed by atoms with Crippen molar-refractivity contribution in [1.29, 1.82) is 0 Å². The van der Waals surface area contributed by atoms with E-state index < -0.39 is 20.4 Å². The number of aliphatic hydroxyl groups excluding tert-OH is 1. The highest BCUT2D eigenvalue weighted by atomic mass is 31.2. The quantitative estimate of drug-likeness (QED) is 0.436. The van der Waals surface area contributed by atoms with Gasteiger partial charge in [0, 0.05) is 29.0 Å². The first kappa shape index (κ1) is 17.7. The molecule has 8 nitrogen and oxygen atoms in total. The summed E-state index contributed by atoms with van der Waals surface area (Å²) >= 11 is 0. The van der Waals surface area contributed by atoms with E-state index in [9.17, 15) is 9.59 Å². The highest BCUT2D eigenvalue weighted by Crippen LogP contribution is 2.43. The van der Waals surface area contributed by atoms with E-state index in [4.69, 9.17) is 24.4 Å². The molecule has 2 aromatic rings. The molecule has 9 heteroatoms. The van der Waals surface area contributed by atoms with Crippen LogP contribution in [0.25, 0.3) is 10.8 Å². The zero-order chi connectivity index (χ0) is 18.0. The van der Waals surface area contributed by atoms with E-state index in [-0.39, 0.29) is 19.9 Å².